The molecule has 12 heteroatoms. The van der Waals surface area contributed by atoms with Crippen LogP contribution in [-0.4, -0.2) is 37.9 Å². The molecule has 0 spiro atoms. The minimum atomic E-state index is -1.75. The predicted molar refractivity (Wildman–Crippen MR) is 38.0 cm³/mol. The fourth-order valence-corrected chi connectivity index (χ4v) is 0. The van der Waals surface area contributed by atoms with Crippen molar-refractivity contribution in [1.29, 1.82) is 0 Å². The average molecular weight is 247 g/mol. The van der Waals surface area contributed by atoms with Crippen LogP contribution in [0.5, 0.6) is 0 Å². The summed E-state index contributed by atoms with van der Waals surface area (Å²) in [5.74, 6) is 0. The van der Waals surface area contributed by atoms with Crippen LogP contribution in [0.2, 0.25) is 0 Å². The molecular weight excluding hydrogens is 231 g/mol. The van der Waals surface area contributed by atoms with Gasteiger partial charge in [-0.3, -0.25) is 0 Å². The van der Waals surface area contributed by atoms with E-state index in [0.717, 1.165) is 0 Å². The van der Waals surface area contributed by atoms with E-state index in [0.29, 0.717) is 0 Å². The molecule has 0 rings (SSSR count). The van der Waals surface area contributed by atoms with E-state index >= 15 is 0 Å². The van der Waals surface area contributed by atoms with Crippen LogP contribution in [-0.2, 0) is 16.8 Å². The van der Waals surface area contributed by atoms with Crippen molar-refractivity contribution >= 4 is 0 Å². The molecule has 1 radical (unpaired) electrons. The van der Waals surface area contributed by atoms with Crippen molar-refractivity contribution in [3.8, 4) is 0 Å². The summed E-state index contributed by atoms with van der Waals surface area (Å²) in [6, 6.07) is 0. The molecule has 0 aliphatic carbocycles. The minimum Gasteiger partial charge on any atom is -0.412 e. The van der Waals surface area contributed by atoms with Gasteiger partial charge in [0.15, 0.2) is 0 Å². The Balaban J connectivity index is -0.00000000161. The van der Waals surface area contributed by atoms with Gasteiger partial charge in [-0.2, -0.15) is 0 Å². The summed E-state index contributed by atoms with van der Waals surface area (Å²) >= 11 is 0. The molecule has 0 aromatic carbocycles. The Morgan fingerprint density at radius 2 is 0.750 bits per heavy atom. The van der Waals surface area contributed by atoms with Crippen LogP contribution in [0.1, 0.15) is 0 Å². The Hall–Kier alpha value is -0.574. The zero-order valence-electron chi connectivity index (χ0n) is 6.01. The second kappa shape index (κ2) is 157. The maximum atomic E-state index is 8.25. The van der Waals surface area contributed by atoms with E-state index in [9.17, 15) is 0 Å². The van der Waals surface area contributed by atoms with E-state index in [1.807, 2.05) is 0 Å². The third-order valence-corrected chi connectivity index (χ3v) is 0. The first-order valence-electron chi connectivity index (χ1n) is 0.548. The maximum absolute atomic E-state index is 8.25. The molecule has 0 heterocycles. The smallest absolute Gasteiger partial charge is 0.0689 e. The van der Waals surface area contributed by atoms with Gasteiger partial charge in [-0.05, 0) is 0 Å². The molecule has 0 aromatic heterocycles. The molecule has 12 heavy (non-hydrogen) atoms. The van der Waals surface area contributed by atoms with Gasteiger partial charge in [0.25, 0.3) is 0 Å². The molecule has 0 amide bonds. The van der Waals surface area contributed by atoms with Gasteiger partial charge in [0.2, 0.25) is 0 Å². The van der Waals surface area contributed by atoms with E-state index < -0.39 is 5.09 Å². The van der Waals surface area contributed by atoms with Crippen molar-refractivity contribution in [3.63, 3.8) is 0 Å². The summed E-state index contributed by atoms with van der Waals surface area (Å²) in [6.07, 6.45) is 0. The number of hydrogen-bond donors (Lipinski definition) is 1. The Kier molecular flexibility index (Phi) is 2770. The van der Waals surface area contributed by atoms with Crippen molar-refractivity contribution in [3.05, 3.63) is 15.3 Å². The van der Waals surface area contributed by atoms with Gasteiger partial charge in [-0.15, -0.1) is 0 Å². The molecule has 0 fully saturated rings. The van der Waals surface area contributed by atoms with Crippen LogP contribution in [0.3, 0.4) is 0 Å². The van der Waals surface area contributed by atoms with Crippen LogP contribution in [0.4, 0.5) is 0 Å². The standard InChI is InChI=1S/Co.NO3.H3N.6H2O/c;2-1(3)4;;;;;;;/h;;1H3;6*1H2/q;-1;;;;;;;/p+1. The van der Waals surface area contributed by atoms with Crippen molar-refractivity contribution < 1.29 is 54.7 Å². The van der Waals surface area contributed by atoms with E-state index in [4.69, 9.17) is 15.3 Å². The second-order valence-electron chi connectivity index (χ2n) is 0.224. The normalized spacial score (nSPS) is 2.00. The fourth-order valence-electron chi connectivity index (χ4n) is 0. The molecule has 16 N–H and O–H groups in total. The van der Waals surface area contributed by atoms with Crippen LogP contribution >= 0.6 is 0 Å². The van der Waals surface area contributed by atoms with Gasteiger partial charge in [0.1, 0.15) is 0 Å². The van der Waals surface area contributed by atoms with E-state index in [-0.39, 0.29) is 55.8 Å². The first-order valence-corrected chi connectivity index (χ1v) is 0.548. The van der Waals surface area contributed by atoms with E-state index in [1.54, 1.807) is 0 Å². The SMILES string of the molecule is O.O.O.O.O.O.O=[N+]([O-])[O-].[Co].[NH4+]. The maximum Gasteiger partial charge on any atom is 0.0689 e. The zero-order valence-corrected chi connectivity index (χ0v) is 7.05. The average Bonchev–Trinajstić information content (AvgIpc) is 0.811. The molecule has 0 saturated carbocycles. The van der Waals surface area contributed by atoms with Crippen molar-refractivity contribution in [1.82, 2.24) is 6.15 Å². The molecule has 0 aromatic rings. The molecule has 0 aliphatic heterocycles. The molecule has 11 nitrogen and oxygen atoms in total. The topological polar surface area (TPSA) is 292 Å². The van der Waals surface area contributed by atoms with Gasteiger partial charge >= 0.3 is 0 Å². The first-order chi connectivity index (χ1) is 1.73. The quantitative estimate of drug-likeness (QED) is 0.325. The molecule has 0 saturated heterocycles. The largest absolute Gasteiger partial charge is 0.412 e. The second-order valence-corrected chi connectivity index (χ2v) is 0.224. The van der Waals surface area contributed by atoms with Crippen molar-refractivity contribution in [2.24, 2.45) is 0 Å². The minimum absolute atomic E-state index is 0. The third-order valence-electron chi connectivity index (χ3n) is 0. The number of hydrogen-bond acceptors (Lipinski definition) is 3. The number of nitrogens with zero attached hydrogens (tertiary/aromatic N) is 1. The summed E-state index contributed by atoms with van der Waals surface area (Å²) in [6.45, 7) is 0. The molecule has 0 bridgehead atoms. The Bertz CT molecular complexity index is 35.5. The summed E-state index contributed by atoms with van der Waals surface area (Å²) in [4.78, 5) is 8.25. The third kappa shape index (κ3) is 2040. The molecule has 0 atom stereocenters. The summed E-state index contributed by atoms with van der Waals surface area (Å²) in [5.41, 5.74) is 0. The monoisotopic (exact) mass is 247 g/mol. The van der Waals surface area contributed by atoms with E-state index in [2.05, 4.69) is 0 Å². The summed E-state index contributed by atoms with van der Waals surface area (Å²) < 4.78 is 0. The van der Waals surface area contributed by atoms with Crippen molar-refractivity contribution in [2.45, 2.75) is 0 Å². The Morgan fingerprint density at radius 1 is 0.750 bits per heavy atom. The zero-order chi connectivity index (χ0) is 3.58. The van der Waals surface area contributed by atoms with Gasteiger partial charge < -0.3 is 54.3 Å². The number of quaternary nitrogens is 1. The first kappa shape index (κ1) is 211. The summed E-state index contributed by atoms with van der Waals surface area (Å²) in [7, 11) is 0. The van der Waals surface area contributed by atoms with Gasteiger partial charge in [0, 0.05) is 16.8 Å². The Labute approximate surface area is 77.1 Å². The number of rotatable bonds is 0. The van der Waals surface area contributed by atoms with Crippen LogP contribution in [0, 0.1) is 15.3 Å². The van der Waals surface area contributed by atoms with Gasteiger partial charge in [-0.25, -0.2) is 0 Å². The van der Waals surface area contributed by atoms with Gasteiger partial charge in [-0.1, -0.05) is 0 Å². The molecular formula is H16CoN2O9. The van der Waals surface area contributed by atoms with Gasteiger partial charge in [0.05, 0.1) is 5.09 Å². The van der Waals surface area contributed by atoms with Crippen LogP contribution < -0.4 is 6.15 Å². The van der Waals surface area contributed by atoms with Crippen LogP contribution in [0.15, 0.2) is 0 Å². The van der Waals surface area contributed by atoms with Crippen LogP contribution in [0.25, 0.3) is 0 Å². The fraction of sp³-hybridized carbons (Fsp3) is 0. The predicted octanol–water partition coefficient (Wildman–Crippen LogP) is -4.81. The molecule has 0 unspecified atom stereocenters. The van der Waals surface area contributed by atoms with E-state index in [1.165, 1.54) is 0 Å². The molecule has 0 aliphatic rings. The Morgan fingerprint density at radius 3 is 0.750 bits per heavy atom. The molecule has 89 valence electrons. The summed E-state index contributed by atoms with van der Waals surface area (Å²) in [5, 5.41) is 14.8. The van der Waals surface area contributed by atoms with Crippen molar-refractivity contribution in [2.75, 3.05) is 0 Å².